The van der Waals surface area contributed by atoms with E-state index in [2.05, 4.69) is 0 Å². The molecule has 0 aromatic heterocycles. The van der Waals surface area contributed by atoms with Crippen LogP contribution in [0, 0.1) is 0 Å². The van der Waals surface area contributed by atoms with E-state index in [1.54, 1.807) is 23.7 Å². The predicted octanol–water partition coefficient (Wildman–Crippen LogP) is 2.00. The minimum atomic E-state index is -0.496. The van der Waals surface area contributed by atoms with Gasteiger partial charge < -0.3 is 14.5 Å². The van der Waals surface area contributed by atoms with Gasteiger partial charge in [-0.05, 0) is 24.0 Å². The number of ether oxygens (including phenoxy) is 1. The van der Waals surface area contributed by atoms with Crippen LogP contribution in [0.25, 0.3) is 0 Å². The van der Waals surface area contributed by atoms with Crippen LogP contribution in [0.2, 0.25) is 0 Å². The third-order valence-electron chi connectivity index (χ3n) is 4.32. The number of carbonyl (C=O) groups is 2. The van der Waals surface area contributed by atoms with Crippen molar-refractivity contribution in [3.8, 4) is 0 Å². The van der Waals surface area contributed by atoms with Crippen molar-refractivity contribution in [3.05, 3.63) is 29.8 Å². The van der Waals surface area contributed by atoms with Gasteiger partial charge in [0.15, 0.2) is 5.60 Å². The number of rotatable bonds is 3. The molecule has 3 rings (SSSR count). The summed E-state index contributed by atoms with van der Waals surface area (Å²) in [4.78, 5) is 28.6. The van der Waals surface area contributed by atoms with Crippen LogP contribution in [0.4, 0.5) is 4.79 Å². The van der Waals surface area contributed by atoms with Crippen molar-refractivity contribution in [2.75, 3.05) is 32.9 Å². The van der Waals surface area contributed by atoms with Crippen molar-refractivity contribution in [1.82, 2.24) is 9.80 Å². The fourth-order valence-electron chi connectivity index (χ4n) is 3.09. The first-order valence-electron chi connectivity index (χ1n) is 7.36. The van der Waals surface area contributed by atoms with Crippen molar-refractivity contribution < 1.29 is 14.3 Å². The molecule has 6 heteroatoms. The van der Waals surface area contributed by atoms with E-state index in [9.17, 15) is 9.59 Å². The van der Waals surface area contributed by atoms with Crippen molar-refractivity contribution in [3.63, 3.8) is 0 Å². The zero-order valence-electron chi connectivity index (χ0n) is 12.9. The van der Waals surface area contributed by atoms with E-state index in [1.165, 1.54) is 4.90 Å². The molecule has 1 aromatic rings. The monoisotopic (exact) mass is 320 g/mol. The normalized spacial score (nSPS) is 24.2. The lowest BCUT2D eigenvalue weighted by Gasteiger charge is -2.21. The highest BCUT2D eigenvalue weighted by Crippen LogP contribution is 2.32. The van der Waals surface area contributed by atoms with Gasteiger partial charge in [-0.15, -0.1) is 11.8 Å². The van der Waals surface area contributed by atoms with Gasteiger partial charge >= 0.3 is 6.09 Å². The summed E-state index contributed by atoms with van der Waals surface area (Å²) in [5.74, 6) is 0.0966. The summed E-state index contributed by atoms with van der Waals surface area (Å²) in [7, 11) is 1.73. The molecular formula is C16H20N2O3S. The second kappa shape index (κ2) is 5.83. The molecule has 0 saturated carbocycles. The molecule has 0 radical (unpaired) electrons. The molecule has 0 bridgehead atoms. The zero-order valence-corrected chi connectivity index (χ0v) is 13.7. The average molecular weight is 320 g/mol. The molecule has 1 atom stereocenters. The number of amides is 2. The number of nitrogens with zero attached hydrogens (tertiary/aromatic N) is 2. The van der Waals surface area contributed by atoms with Crippen LogP contribution < -0.4 is 0 Å². The van der Waals surface area contributed by atoms with E-state index in [0.717, 1.165) is 12.0 Å². The summed E-state index contributed by atoms with van der Waals surface area (Å²) in [5.41, 5.74) is 0.522. The van der Waals surface area contributed by atoms with E-state index in [4.69, 9.17) is 4.74 Å². The number of likely N-dealkylation sites (N-methyl/N-ethyl adjacent to an activating group) is 1. The van der Waals surface area contributed by atoms with Gasteiger partial charge in [0.25, 0.3) is 0 Å². The standard InChI is InChI=1S/C16H20N2O3S/c1-17-10-16(21-15(17)20)7-8-18(11-16)14(19)9-12-3-5-13(22-2)6-4-12/h3-6H,7-11H2,1-2H3/t16-/m0/s1. The fourth-order valence-corrected chi connectivity index (χ4v) is 3.50. The molecule has 5 nitrogen and oxygen atoms in total. The van der Waals surface area contributed by atoms with Gasteiger partial charge in [0, 0.05) is 24.9 Å². The van der Waals surface area contributed by atoms with Gasteiger partial charge in [-0.3, -0.25) is 4.79 Å². The first-order valence-corrected chi connectivity index (χ1v) is 8.59. The molecule has 2 fully saturated rings. The number of benzene rings is 1. The first kappa shape index (κ1) is 15.2. The van der Waals surface area contributed by atoms with Crippen molar-refractivity contribution in [2.45, 2.75) is 23.3 Å². The molecule has 0 unspecified atom stereocenters. The fraction of sp³-hybridized carbons (Fsp3) is 0.500. The highest BCUT2D eigenvalue weighted by molar-refractivity contribution is 7.98. The molecule has 2 saturated heterocycles. The van der Waals surface area contributed by atoms with Crippen LogP contribution in [-0.2, 0) is 16.0 Å². The molecule has 0 N–H and O–H groups in total. The summed E-state index contributed by atoms with van der Waals surface area (Å²) in [6.07, 6.45) is 2.86. The number of carbonyl (C=O) groups excluding carboxylic acids is 2. The number of likely N-dealkylation sites (tertiary alicyclic amines) is 1. The number of hydrogen-bond acceptors (Lipinski definition) is 4. The van der Waals surface area contributed by atoms with Gasteiger partial charge in [0.05, 0.1) is 19.5 Å². The Bertz CT molecular complexity index is 590. The Labute approximate surface area is 134 Å². The Morgan fingerprint density at radius 3 is 2.64 bits per heavy atom. The third kappa shape index (κ3) is 2.92. The van der Waals surface area contributed by atoms with Gasteiger partial charge in [-0.2, -0.15) is 0 Å². The third-order valence-corrected chi connectivity index (χ3v) is 5.07. The van der Waals surface area contributed by atoms with Crippen LogP contribution in [0.3, 0.4) is 0 Å². The van der Waals surface area contributed by atoms with Gasteiger partial charge in [0.2, 0.25) is 5.91 Å². The van der Waals surface area contributed by atoms with Gasteiger partial charge in [-0.25, -0.2) is 4.79 Å². The molecule has 0 aliphatic carbocycles. The summed E-state index contributed by atoms with van der Waals surface area (Å²) in [5, 5.41) is 0. The van der Waals surface area contributed by atoms with E-state index < -0.39 is 5.60 Å². The first-order chi connectivity index (χ1) is 10.5. The Kier molecular flexibility index (Phi) is 4.04. The lowest BCUT2D eigenvalue weighted by atomic mass is 10.0. The van der Waals surface area contributed by atoms with E-state index in [-0.39, 0.29) is 12.0 Å². The maximum absolute atomic E-state index is 12.4. The molecule has 118 valence electrons. The molecule has 2 aliphatic rings. The van der Waals surface area contributed by atoms with Crippen LogP contribution in [0.1, 0.15) is 12.0 Å². The lowest BCUT2D eigenvalue weighted by molar-refractivity contribution is -0.130. The van der Waals surface area contributed by atoms with Gasteiger partial charge in [0.1, 0.15) is 0 Å². The Hall–Kier alpha value is -1.69. The van der Waals surface area contributed by atoms with Crippen LogP contribution in [-0.4, -0.2) is 60.3 Å². The van der Waals surface area contributed by atoms with E-state index in [0.29, 0.717) is 26.1 Å². The lowest BCUT2D eigenvalue weighted by Crippen LogP contribution is -2.39. The van der Waals surface area contributed by atoms with Crippen LogP contribution in [0.15, 0.2) is 29.2 Å². The number of hydrogen-bond donors (Lipinski definition) is 0. The molecule has 2 heterocycles. The van der Waals surface area contributed by atoms with Crippen molar-refractivity contribution >= 4 is 23.8 Å². The SMILES string of the molecule is CSc1ccc(CC(=O)N2CC[C@]3(CN(C)C(=O)O3)C2)cc1. The molecule has 1 aromatic carbocycles. The minimum Gasteiger partial charge on any atom is -0.439 e. The highest BCUT2D eigenvalue weighted by Gasteiger charge is 2.49. The molecular weight excluding hydrogens is 300 g/mol. The number of thioether (sulfide) groups is 1. The maximum Gasteiger partial charge on any atom is 0.410 e. The summed E-state index contributed by atoms with van der Waals surface area (Å²) in [6.45, 7) is 1.73. The molecule has 1 spiro atoms. The zero-order chi connectivity index (χ0) is 15.7. The van der Waals surface area contributed by atoms with Crippen molar-refractivity contribution in [2.24, 2.45) is 0 Å². The Morgan fingerprint density at radius 1 is 1.32 bits per heavy atom. The summed E-state index contributed by atoms with van der Waals surface area (Å²) in [6, 6.07) is 8.07. The average Bonchev–Trinajstić information content (AvgIpc) is 3.03. The van der Waals surface area contributed by atoms with E-state index >= 15 is 0 Å². The summed E-state index contributed by atoms with van der Waals surface area (Å²) < 4.78 is 5.47. The molecule has 2 aliphatic heterocycles. The highest BCUT2D eigenvalue weighted by atomic mass is 32.2. The second-order valence-corrected chi connectivity index (χ2v) is 6.88. The smallest absolute Gasteiger partial charge is 0.410 e. The second-order valence-electron chi connectivity index (χ2n) is 6.00. The Balaban J connectivity index is 1.60. The van der Waals surface area contributed by atoms with Gasteiger partial charge in [-0.1, -0.05) is 12.1 Å². The van der Waals surface area contributed by atoms with Crippen molar-refractivity contribution in [1.29, 1.82) is 0 Å². The Morgan fingerprint density at radius 2 is 2.05 bits per heavy atom. The maximum atomic E-state index is 12.4. The van der Waals surface area contributed by atoms with Crippen LogP contribution >= 0.6 is 11.8 Å². The summed E-state index contributed by atoms with van der Waals surface area (Å²) >= 11 is 1.69. The van der Waals surface area contributed by atoms with E-state index in [1.807, 2.05) is 35.4 Å². The minimum absolute atomic E-state index is 0.0966. The topological polar surface area (TPSA) is 49.9 Å². The predicted molar refractivity (Wildman–Crippen MR) is 85.0 cm³/mol. The largest absolute Gasteiger partial charge is 0.439 e. The quantitative estimate of drug-likeness (QED) is 0.800. The molecule has 22 heavy (non-hydrogen) atoms. The molecule has 2 amide bonds. The van der Waals surface area contributed by atoms with Crippen LogP contribution in [0.5, 0.6) is 0 Å².